The second kappa shape index (κ2) is 9.96. The molecular formula is C22H28ClN5O2. The number of nitriles is 1. The molecule has 0 radical (unpaired) electrons. The Hall–Kier alpha value is -2.56. The Kier molecular flexibility index (Phi) is 7.35. The Morgan fingerprint density at radius 1 is 1.30 bits per heavy atom. The van der Waals surface area contributed by atoms with E-state index in [0.29, 0.717) is 56.0 Å². The number of rotatable bonds is 8. The van der Waals surface area contributed by atoms with E-state index in [1.54, 1.807) is 4.90 Å². The largest absolute Gasteiger partial charge is 0.493 e. The predicted octanol–water partition coefficient (Wildman–Crippen LogP) is 3.49. The lowest BCUT2D eigenvalue weighted by Crippen LogP contribution is -2.50. The summed E-state index contributed by atoms with van der Waals surface area (Å²) in [5, 5.41) is 14.1. The minimum absolute atomic E-state index is 0.00699. The SMILES string of the molecule is Cc1cc(N2CCN(CCC#N)CC2=O)nn1Cc1cc(Cl)ccc1OCC(C)C. The molecule has 1 aromatic heterocycles. The fourth-order valence-corrected chi connectivity index (χ4v) is 3.57. The van der Waals surface area contributed by atoms with Gasteiger partial charge >= 0.3 is 0 Å². The number of amides is 1. The summed E-state index contributed by atoms with van der Waals surface area (Å²) in [6.45, 7) is 9.57. The molecule has 1 amide bonds. The van der Waals surface area contributed by atoms with E-state index in [4.69, 9.17) is 21.6 Å². The van der Waals surface area contributed by atoms with Crippen molar-refractivity contribution in [3.8, 4) is 11.8 Å². The van der Waals surface area contributed by atoms with Gasteiger partial charge in [-0.05, 0) is 31.0 Å². The van der Waals surface area contributed by atoms with Crippen molar-refractivity contribution in [2.75, 3.05) is 37.7 Å². The zero-order valence-corrected chi connectivity index (χ0v) is 18.5. The van der Waals surface area contributed by atoms with Crippen LogP contribution in [0.25, 0.3) is 0 Å². The van der Waals surface area contributed by atoms with Gasteiger partial charge in [-0.3, -0.25) is 19.3 Å². The quantitative estimate of drug-likeness (QED) is 0.642. The van der Waals surface area contributed by atoms with Crippen LogP contribution in [0.5, 0.6) is 5.75 Å². The van der Waals surface area contributed by atoms with Crippen molar-refractivity contribution in [3.63, 3.8) is 0 Å². The van der Waals surface area contributed by atoms with Gasteiger partial charge in [0.25, 0.3) is 0 Å². The summed E-state index contributed by atoms with van der Waals surface area (Å²) in [5.41, 5.74) is 1.91. The van der Waals surface area contributed by atoms with Crippen LogP contribution in [0.1, 0.15) is 31.5 Å². The first kappa shape index (κ1) is 22.1. The third-order valence-electron chi connectivity index (χ3n) is 5.00. The molecule has 0 unspecified atom stereocenters. The van der Waals surface area contributed by atoms with Gasteiger partial charge in [0.15, 0.2) is 5.82 Å². The average molecular weight is 430 g/mol. The molecule has 3 rings (SSSR count). The van der Waals surface area contributed by atoms with Crippen LogP contribution in [0, 0.1) is 24.2 Å². The third kappa shape index (κ3) is 5.53. The topological polar surface area (TPSA) is 74.4 Å². The van der Waals surface area contributed by atoms with Gasteiger partial charge in [0.2, 0.25) is 5.91 Å². The van der Waals surface area contributed by atoms with Crippen LogP contribution in [0.3, 0.4) is 0 Å². The van der Waals surface area contributed by atoms with Crippen molar-refractivity contribution in [3.05, 3.63) is 40.5 Å². The standard InChI is InChI=1S/C22H28ClN5O2/c1-16(2)15-30-20-6-5-19(23)12-18(20)13-28-17(3)11-21(25-28)27-10-9-26(8-4-7-24)14-22(27)29/h5-6,11-12,16H,4,8-10,13-15H2,1-3H3. The number of piperazine rings is 1. The second-order valence-electron chi connectivity index (χ2n) is 7.99. The zero-order chi connectivity index (χ0) is 21.7. The number of halogens is 1. The number of benzene rings is 1. The molecule has 1 aromatic carbocycles. The number of ether oxygens (including phenoxy) is 1. The number of anilines is 1. The molecule has 1 saturated heterocycles. The smallest absolute Gasteiger partial charge is 0.242 e. The Morgan fingerprint density at radius 2 is 2.10 bits per heavy atom. The van der Waals surface area contributed by atoms with Gasteiger partial charge in [-0.2, -0.15) is 10.4 Å². The molecule has 2 heterocycles. The van der Waals surface area contributed by atoms with Gasteiger partial charge in [0, 0.05) is 48.4 Å². The number of carbonyl (C=O) groups is 1. The molecular weight excluding hydrogens is 402 g/mol. The summed E-state index contributed by atoms with van der Waals surface area (Å²) >= 11 is 6.22. The maximum Gasteiger partial charge on any atom is 0.242 e. The highest BCUT2D eigenvalue weighted by atomic mass is 35.5. The molecule has 2 aromatic rings. The lowest BCUT2D eigenvalue weighted by atomic mass is 10.2. The van der Waals surface area contributed by atoms with E-state index in [2.05, 4.69) is 25.0 Å². The van der Waals surface area contributed by atoms with Crippen molar-refractivity contribution in [2.45, 2.75) is 33.7 Å². The van der Waals surface area contributed by atoms with E-state index < -0.39 is 0 Å². The molecule has 0 bridgehead atoms. The molecule has 0 atom stereocenters. The van der Waals surface area contributed by atoms with Gasteiger partial charge in [-0.15, -0.1) is 0 Å². The summed E-state index contributed by atoms with van der Waals surface area (Å²) in [5.74, 6) is 1.88. The van der Waals surface area contributed by atoms with Crippen molar-refractivity contribution >= 4 is 23.3 Å². The minimum atomic E-state index is 0.00699. The second-order valence-corrected chi connectivity index (χ2v) is 8.42. The summed E-state index contributed by atoms with van der Waals surface area (Å²) < 4.78 is 7.83. The molecule has 0 spiro atoms. The Bertz CT molecular complexity index is 934. The third-order valence-corrected chi connectivity index (χ3v) is 5.23. The van der Waals surface area contributed by atoms with Gasteiger partial charge < -0.3 is 4.74 Å². The minimum Gasteiger partial charge on any atom is -0.493 e. The molecule has 30 heavy (non-hydrogen) atoms. The molecule has 0 saturated carbocycles. The normalized spacial score (nSPS) is 14.9. The van der Waals surface area contributed by atoms with Crippen molar-refractivity contribution in [1.29, 1.82) is 5.26 Å². The summed E-state index contributed by atoms with van der Waals surface area (Å²) in [7, 11) is 0. The molecule has 8 heteroatoms. The zero-order valence-electron chi connectivity index (χ0n) is 17.8. The summed E-state index contributed by atoms with van der Waals surface area (Å²) in [6.07, 6.45) is 0.432. The fraction of sp³-hybridized carbons (Fsp3) is 0.500. The lowest BCUT2D eigenvalue weighted by molar-refractivity contribution is -0.121. The maximum atomic E-state index is 12.6. The molecule has 1 aliphatic heterocycles. The molecule has 1 aliphatic rings. The van der Waals surface area contributed by atoms with Gasteiger partial charge in [-0.25, -0.2) is 0 Å². The van der Waals surface area contributed by atoms with E-state index in [9.17, 15) is 4.79 Å². The van der Waals surface area contributed by atoms with Crippen LogP contribution in [0.15, 0.2) is 24.3 Å². The molecule has 7 nitrogen and oxygen atoms in total. The Labute approximate surface area is 182 Å². The number of aromatic nitrogens is 2. The van der Waals surface area contributed by atoms with E-state index >= 15 is 0 Å². The van der Waals surface area contributed by atoms with E-state index in [1.165, 1.54) is 0 Å². The molecule has 0 aliphatic carbocycles. The van der Waals surface area contributed by atoms with Crippen LogP contribution in [0.2, 0.25) is 5.02 Å². The Morgan fingerprint density at radius 3 is 2.80 bits per heavy atom. The van der Waals surface area contributed by atoms with Gasteiger partial charge in [0.05, 0.1) is 25.8 Å². The Balaban J connectivity index is 1.74. The molecule has 1 fully saturated rings. The van der Waals surface area contributed by atoms with Crippen molar-refractivity contribution in [1.82, 2.24) is 14.7 Å². The van der Waals surface area contributed by atoms with Crippen LogP contribution < -0.4 is 9.64 Å². The van der Waals surface area contributed by atoms with E-state index in [0.717, 1.165) is 23.6 Å². The number of hydrogen-bond acceptors (Lipinski definition) is 5. The highest BCUT2D eigenvalue weighted by Crippen LogP contribution is 2.26. The van der Waals surface area contributed by atoms with Crippen LogP contribution in [0.4, 0.5) is 5.82 Å². The van der Waals surface area contributed by atoms with Crippen molar-refractivity contribution < 1.29 is 9.53 Å². The molecule has 0 N–H and O–H groups in total. The number of hydrogen-bond donors (Lipinski definition) is 0. The van der Waals surface area contributed by atoms with Crippen LogP contribution in [-0.2, 0) is 11.3 Å². The number of carbonyl (C=O) groups excluding carboxylic acids is 1. The highest BCUT2D eigenvalue weighted by molar-refractivity contribution is 6.30. The predicted molar refractivity (Wildman–Crippen MR) is 117 cm³/mol. The monoisotopic (exact) mass is 429 g/mol. The van der Waals surface area contributed by atoms with Crippen molar-refractivity contribution in [2.24, 2.45) is 5.92 Å². The first-order valence-electron chi connectivity index (χ1n) is 10.2. The van der Waals surface area contributed by atoms with Crippen LogP contribution >= 0.6 is 11.6 Å². The fourth-order valence-electron chi connectivity index (χ4n) is 3.38. The van der Waals surface area contributed by atoms with E-state index in [1.807, 2.05) is 40.8 Å². The van der Waals surface area contributed by atoms with Crippen LogP contribution in [-0.4, -0.2) is 53.4 Å². The highest BCUT2D eigenvalue weighted by Gasteiger charge is 2.27. The summed E-state index contributed by atoms with van der Waals surface area (Å²) in [6, 6.07) is 9.68. The number of nitrogens with zero attached hydrogens (tertiary/aromatic N) is 5. The first-order chi connectivity index (χ1) is 14.4. The number of aryl methyl sites for hydroxylation is 1. The van der Waals surface area contributed by atoms with E-state index in [-0.39, 0.29) is 5.91 Å². The average Bonchev–Trinajstić information content (AvgIpc) is 3.05. The molecule has 160 valence electrons. The van der Waals surface area contributed by atoms with Gasteiger partial charge in [-0.1, -0.05) is 25.4 Å². The lowest BCUT2D eigenvalue weighted by Gasteiger charge is -2.32. The maximum absolute atomic E-state index is 12.6. The summed E-state index contributed by atoms with van der Waals surface area (Å²) in [4.78, 5) is 16.3. The first-order valence-corrected chi connectivity index (χ1v) is 10.6. The van der Waals surface area contributed by atoms with Gasteiger partial charge in [0.1, 0.15) is 5.75 Å².